The van der Waals surface area contributed by atoms with Crippen molar-refractivity contribution in [3.63, 3.8) is 0 Å². The van der Waals surface area contributed by atoms with Crippen LogP contribution in [0.4, 0.5) is 0 Å². The number of benzene rings is 1. The summed E-state index contributed by atoms with van der Waals surface area (Å²) in [6, 6.07) is 10.6. The molecule has 0 bridgehead atoms. The van der Waals surface area contributed by atoms with Crippen LogP contribution in [0, 0.1) is 0 Å². The Hall–Kier alpha value is -1.68. The standard InChI is InChI=1S/C14H20N4/c1-11(2)18-10-16-17-14(18)9-8-13(15)12-6-4-3-5-7-12/h3-7,10-11,13H,8-9,15H2,1-2H3. The van der Waals surface area contributed by atoms with Crippen LogP contribution in [0.2, 0.25) is 0 Å². The molecule has 0 aliphatic heterocycles. The van der Waals surface area contributed by atoms with Crippen molar-refractivity contribution in [2.75, 3.05) is 0 Å². The Bertz CT molecular complexity index is 476. The highest BCUT2D eigenvalue weighted by atomic mass is 15.3. The van der Waals surface area contributed by atoms with E-state index < -0.39 is 0 Å². The van der Waals surface area contributed by atoms with Crippen LogP contribution in [-0.4, -0.2) is 14.8 Å². The summed E-state index contributed by atoms with van der Waals surface area (Å²) in [5.74, 6) is 1.01. The Morgan fingerprint density at radius 2 is 1.94 bits per heavy atom. The average molecular weight is 244 g/mol. The zero-order valence-corrected chi connectivity index (χ0v) is 11.0. The normalized spacial score (nSPS) is 12.9. The summed E-state index contributed by atoms with van der Waals surface area (Å²) in [6.45, 7) is 4.26. The molecule has 0 amide bonds. The van der Waals surface area contributed by atoms with Crippen LogP contribution in [0.5, 0.6) is 0 Å². The molecule has 18 heavy (non-hydrogen) atoms. The van der Waals surface area contributed by atoms with E-state index in [0.717, 1.165) is 18.7 Å². The summed E-state index contributed by atoms with van der Waals surface area (Å²) in [7, 11) is 0. The Morgan fingerprint density at radius 3 is 2.61 bits per heavy atom. The highest BCUT2D eigenvalue weighted by molar-refractivity contribution is 5.18. The summed E-state index contributed by atoms with van der Waals surface area (Å²) in [5, 5.41) is 8.13. The van der Waals surface area contributed by atoms with Crippen molar-refractivity contribution in [3.05, 3.63) is 48.0 Å². The van der Waals surface area contributed by atoms with Gasteiger partial charge in [-0.1, -0.05) is 30.3 Å². The van der Waals surface area contributed by atoms with Gasteiger partial charge in [0.25, 0.3) is 0 Å². The maximum Gasteiger partial charge on any atom is 0.133 e. The van der Waals surface area contributed by atoms with Crippen LogP contribution in [0.1, 0.15) is 43.7 Å². The molecule has 1 aromatic heterocycles. The Kier molecular flexibility index (Phi) is 4.10. The van der Waals surface area contributed by atoms with Crippen molar-refractivity contribution < 1.29 is 0 Å². The minimum absolute atomic E-state index is 0.0588. The predicted octanol–water partition coefficient (Wildman–Crippen LogP) is 2.49. The van der Waals surface area contributed by atoms with Gasteiger partial charge >= 0.3 is 0 Å². The number of hydrogen-bond donors (Lipinski definition) is 1. The van der Waals surface area contributed by atoms with Crippen molar-refractivity contribution in [2.24, 2.45) is 5.73 Å². The maximum absolute atomic E-state index is 6.18. The van der Waals surface area contributed by atoms with Gasteiger partial charge in [0.1, 0.15) is 12.2 Å². The van der Waals surface area contributed by atoms with E-state index in [4.69, 9.17) is 5.73 Å². The van der Waals surface area contributed by atoms with Crippen LogP contribution in [0.25, 0.3) is 0 Å². The van der Waals surface area contributed by atoms with Gasteiger partial charge in [-0.05, 0) is 25.8 Å². The van der Waals surface area contributed by atoms with E-state index >= 15 is 0 Å². The van der Waals surface area contributed by atoms with Gasteiger partial charge in [-0.25, -0.2) is 0 Å². The fourth-order valence-electron chi connectivity index (χ4n) is 2.03. The first-order valence-corrected chi connectivity index (χ1v) is 6.37. The lowest BCUT2D eigenvalue weighted by Crippen LogP contribution is -2.13. The van der Waals surface area contributed by atoms with E-state index in [0.29, 0.717) is 6.04 Å². The molecule has 2 aromatic rings. The first kappa shape index (κ1) is 12.8. The number of aryl methyl sites for hydroxylation is 1. The molecule has 1 heterocycles. The number of nitrogens with zero attached hydrogens (tertiary/aromatic N) is 3. The topological polar surface area (TPSA) is 56.7 Å². The van der Waals surface area contributed by atoms with Crippen LogP contribution in [0.15, 0.2) is 36.7 Å². The summed E-state index contributed by atoms with van der Waals surface area (Å²) >= 11 is 0. The molecule has 96 valence electrons. The SMILES string of the molecule is CC(C)n1cnnc1CCC(N)c1ccccc1. The van der Waals surface area contributed by atoms with Gasteiger partial charge < -0.3 is 10.3 Å². The van der Waals surface area contributed by atoms with E-state index in [1.807, 2.05) is 18.2 Å². The van der Waals surface area contributed by atoms with Crippen molar-refractivity contribution in [3.8, 4) is 0 Å². The summed E-state index contributed by atoms with van der Waals surface area (Å²) < 4.78 is 2.09. The summed E-state index contributed by atoms with van der Waals surface area (Å²) in [4.78, 5) is 0. The van der Waals surface area contributed by atoms with E-state index in [1.54, 1.807) is 6.33 Å². The first-order valence-electron chi connectivity index (χ1n) is 6.37. The first-order chi connectivity index (χ1) is 8.68. The van der Waals surface area contributed by atoms with Gasteiger partial charge in [0.15, 0.2) is 0 Å². The molecule has 0 aliphatic carbocycles. The third kappa shape index (κ3) is 2.96. The van der Waals surface area contributed by atoms with Crippen molar-refractivity contribution in [2.45, 2.75) is 38.8 Å². The molecular weight excluding hydrogens is 224 g/mol. The summed E-state index contributed by atoms with van der Waals surface area (Å²) in [5.41, 5.74) is 7.35. The van der Waals surface area contributed by atoms with Gasteiger partial charge in [-0.3, -0.25) is 0 Å². The Balaban J connectivity index is 1.97. The summed E-state index contributed by atoms with van der Waals surface area (Å²) in [6.07, 6.45) is 3.53. The zero-order chi connectivity index (χ0) is 13.0. The van der Waals surface area contributed by atoms with Crippen molar-refractivity contribution in [1.29, 1.82) is 0 Å². The Labute approximate surface area is 108 Å². The lowest BCUT2D eigenvalue weighted by Gasteiger charge is -2.13. The van der Waals surface area contributed by atoms with Gasteiger partial charge in [0.2, 0.25) is 0 Å². The molecule has 2 N–H and O–H groups in total. The molecular formula is C14H20N4. The van der Waals surface area contributed by atoms with E-state index in [9.17, 15) is 0 Å². The lowest BCUT2D eigenvalue weighted by atomic mass is 10.0. The molecule has 0 aliphatic rings. The quantitative estimate of drug-likeness (QED) is 0.879. The molecule has 0 fully saturated rings. The van der Waals surface area contributed by atoms with Crippen LogP contribution >= 0.6 is 0 Å². The minimum atomic E-state index is 0.0588. The van der Waals surface area contributed by atoms with Crippen LogP contribution < -0.4 is 5.73 Å². The van der Waals surface area contributed by atoms with E-state index in [2.05, 4.69) is 40.7 Å². The maximum atomic E-state index is 6.18. The lowest BCUT2D eigenvalue weighted by molar-refractivity contribution is 0.544. The third-order valence-electron chi connectivity index (χ3n) is 3.11. The second kappa shape index (κ2) is 5.78. The minimum Gasteiger partial charge on any atom is -0.324 e. The number of rotatable bonds is 5. The highest BCUT2D eigenvalue weighted by Gasteiger charge is 2.10. The average Bonchev–Trinajstić information content (AvgIpc) is 2.85. The van der Waals surface area contributed by atoms with Crippen molar-refractivity contribution >= 4 is 0 Å². The zero-order valence-electron chi connectivity index (χ0n) is 11.0. The Morgan fingerprint density at radius 1 is 1.22 bits per heavy atom. The molecule has 1 aromatic carbocycles. The van der Waals surface area contributed by atoms with Crippen molar-refractivity contribution in [1.82, 2.24) is 14.8 Å². The van der Waals surface area contributed by atoms with E-state index in [-0.39, 0.29) is 6.04 Å². The molecule has 2 rings (SSSR count). The number of hydrogen-bond acceptors (Lipinski definition) is 3. The van der Waals surface area contributed by atoms with Gasteiger partial charge in [0.05, 0.1) is 0 Å². The third-order valence-corrected chi connectivity index (χ3v) is 3.11. The monoisotopic (exact) mass is 244 g/mol. The molecule has 4 heteroatoms. The molecule has 0 saturated carbocycles. The van der Waals surface area contributed by atoms with Gasteiger partial charge in [-0.2, -0.15) is 0 Å². The molecule has 4 nitrogen and oxygen atoms in total. The largest absolute Gasteiger partial charge is 0.324 e. The number of nitrogens with two attached hydrogens (primary N) is 1. The second-order valence-electron chi connectivity index (χ2n) is 4.80. The van der Waals surface area contributed by atoms with Crippen LogP contribution in [-0.2, 0) is 6.42 Å². The molecule has 1 unspecified atom stereocenters. The highest BCUT2D eigenvalue weighted by Crippen LogP contribution is 2.16. The molecule has 0 saturated heterocycles. The molecule has 0 radical (unpaired) electrons. The van der Waals surface area contributed by atoms with Gasteiger partial charge in [-0.15, -0.1) is 10.2 Å². The smallest absolute Gasteiger partial charge is 0.133 e. The molecule has 0 spiro atoms. The van der Waals surface area contributed by atoms with E-state index in [1.165, 1.54) is 5.56 Å². The fraction of sp³-hybridized carbons (Fsp3) is 0.429. The molecule has 1 atom stereocenters. The van der Waals surface area contributed by atoms with Gasteiger partial charge in [0, 0.05) is 18.5 Å². The number of aromatic nitrogens is 3. The fourth-order valence-corrected chi connectivity index (χ4v) is 2.03. The second-order valence-corrected chi connectivity index (χ2v) is 4.80. The predicted molar refractivity (Wildman–Crippen MR) is 72.1 cm³/mol. The van der Waals surface area contributed by atoms with Crippen LogP contribution in [0.3, 0.4) is 0 Å².